The number of carbonyl (C=O) groups excluding carboxylic acids is 1. The summed E-state index contributed by atoms with van der Waals surface area (Å²) in [6, 6.07) is 0. The second kappa shape index (κ2) is 4.84. The molecule has 1 aliphatic rings. The quantitative estimate of drug-likeness (QED) is 0.752. The zero-order valence-electron chi connectivity index (χ0n) is 7.95. The fraction of sp³-hybridized carbons (Fsp3) is 0.333. The first kappa shape index (κ1) is 12.7. The molecular formula is C9H7Br2ClN2OS. The first-order valence-electron chi connectivity index (χ1n) is 4.48. The predicted octanol–water partition coefficient (Wildman–Crippen LogP) is 3.30. The number of pyridine rings is 1. The molecule has 0 N–H and O–H groups in total. The second-order valence-electron chi connectivity index (χ2n) is 3.42. The van der Waals surface area contributed by atoms with E-state index in [9.17, 15) is 4.79 Å². The highest BCUT2D eigenvalue weighted by Crippen LogP contribution is 2.37. The maximum Gasteiger partial charge on any atom is 0.229 e. The van der Waals surface area contributed by atoms with Crippen molar-refractivity contribution >= 4 is 67.8 Å². The van der Waals surface area contributed by atoms with E-state index in [1.807, 2.05) is 0 Å². The standard InChI is InChI=1S/C9H7Br2ClN2OS/c10-5-2-13-9(7(11)8(5)12)14-3-4(16)1-6(14)15/h2,4,16H,1,3H2. The van der Waals surface area contributed by atoms with E-state index in [2.05, 4.69) is 49.5 Å². The van der Waals surface area contributed by atoms with Crippen LogP contribution in [0.3, 0.4) is 0 Å². The largest absolute Gasteiger partial charge is 0.295 e. The summed E-state index contributed by atoms with van der Waals surface area (Å²) in [7, 11) is 0. The van der Waals surface area contributed by atoms with Gasteiger partial charge in [0.25, 0.3) is 0 Å². The molecule has 1 unspecified atom stereocenters. The lowest BCUT2D eigenvalue weighted by molar-refractivity contribution is -0.117. The van der Waals surface area contributed by atoms with E-state index >= 15 is 0 Å². The van der Waals surface area contributed by atoms with Crippen LogP contribution in [0.2, 0.25) is 5.02 Å². The Hall–Kier alpha value is 0.220. The predicted molar refractivity (Wildman–Crippen MR) is 74.4 cm³/mol. The number of nitrogens with zero attached hydrogens (tertiary/aromatic N) is 2. The maximum absolute atomic E-state index is 11.7. The Balaban J connectivity index is 2.42. The van der Waals surface area contributed by atoms with Gasteiger partial charge in [-0.2, -0.15) is 12.6 Å². The topological polar surface area (TPSA) is 33.2 Å². The number of thiol groups is 1. The molecule has 16 heavy (non-hydrogen) atoms. The van der Waals surface area contributed by atoms with Crippen molar-refractivity contribution in [2.45, 2.75) is 11.7 Å². The van der Waals surface area contributed by atoms with Gasteiger partial charge in [-0.25, -0.2) is 4.98 Å². The van der Waals surface area contributed by atoms with E-state index < -0.39 is 0 Å². The summed E-state index contributed by atoms with van der Waals surface area (Å²) in [5.74, 6) is 0.571. The van der Waals surface area contributed by atoms with Crippen LogP contribution in [-0.2, 0) is 4.79 Å². The van der Waals surface area contributed by atoms with Crippen LogP contribution >= 0.6 is 56.1 Å². The second-order valence-corrected chi connectivity index (χ2v) is 6.18. The number of anilines is 1. The number of amides is 1. The van der Waals surface area contributed by atoms with E-state index in [1.54, 1.807) is 11.1 Å². The van der Waals surface area contributed by atoms with Gasteiger partial charge in [0.1, 0.15) is 0 Å². The molecule has 0 bridgehead atoms. The van der Waals surface area contributed by atoms with Crippen molar-refractivity contribution in [3.8, 4) is 0 Å². The van der Waals surface area contributed by atoms with Crippen LogP contribution in [0.4, 0.5) is 5.82 Å². The molecule has 1 saturated heterocycles. The summed E-state index contributed by atoms with van der Waals surface area (Å²) >= 11 is 17.0. The maximum atomic E-state index is 11.7. The molecule has 0 aromatic carbocycles. The molecule has 86 valence electrons. The van der Waals surface area contributed by atoms with Gasteiger partial charge in [0.15, 0.2) is 5.82 Å². The average molecular weight is 386 g/mol. The highest BCUT2D eigenvalue weighted by molar-refractivity contribution is 9.11. The van der Waals surface area contributed by atoms with Gasteiger partial charge in [-0.1, -0.05) is 11.6 Å². The Labute approximate surface area is 120 Å². The zero-order chi connectivity index (χ0) is 11.9. The molecule has 1 amide bonds. The van der Waals surface area contributed by atoms with Crippen molar-refractivity contribution in [2.24, 2.45) is 0 Å². The van der Waals surface area contributed by atoms with Crippen LogP contribution in [-0.4, -0.2) is 22.7 Å². The summed E-state index contributed by atoms with van der Waals surface area (Å²) in [6.07, 6.45) is 2.02. The Bertz CT molecular complexity index is 457. The van der Waals surface area contributed by atoms with Gasteiger partial charge in [-0.15, -0.1) is 0 Å². The van der Waals surface area contributed by atoms with Crippen LogP contribution in [0.25, 0.3) is 0 Å². The van der Waals surface area contributed by atoms with Gasteiger partial charge in [0.05, 0.1) is 14.0 Å². The molecule has 0 radical (unpaired) electrons. The van der Waals surface area contributed by atoms with Crippen molar-refractivity contribution in [2.75, 3.05) is 11.4 Å². The normalized spacial score (nSPS) is 20.6. The molecule has 1 atom stereocenters. The first-order chi connectivity index (χ1) is 7.50. The van der Waals surface area contributed by atoms with Crippen LogP contribution in [0.1, 0.15) is 6.42 Å². The zero-order valence-corrected chi connectivity index (χ0v) is 12.8. The third-order valence-electron chi connectivity index (χ3n) is 2.26. The molecule has 0 spiro atoms. The monoisotopic (exact) mass is 384 g/mol. The highest BCUT2D eigenvalue weighted by atomic mass is 79.9. The van der Waals surface area contributed by atoms with E-state index in [0.29, 0.717) is 32.8 Å². The molecule has 1 aromatic heterocycles. The van der Waals surface area contributed by atoms with E-state index in [0.717, 1.165) is 0 Å². The third kappa shape index (κ3) is 2.25. The lowest BCUT2D eigenvalue weighted by atomic mass is 10.4. The Kier molecular flexibility index (Phi) is 3.83. The molecule has 7 heteroatoms. The van der Waals surface area contributed by atoms with Gasteiger partial charge in [-0.3, -0.25) is 9.69 Å². The number of aromatic nitrogens is 1. The molecule has 1 fully saturated rings. The van der Waals surface area contributed by atoms with Crippen molar-refractivity contribution < 1.29 is 4.79 Å². The lowest BCUT2D eigenvalue weighted by Gasteiger charge is -2.17. The number of hydrogen-bond acceptors (Lipinski definition) is 3. The summed E-state index contributed by atoms with van der Waals surface area (Å²) in [5, 5.41) is 0.573. The number of rotatable bonds is 1. The molecule has 2 rings (SSSR count). The molecule has 3 nitrogen and oxygen atoms in total. The Morgan fingerprint density at radius 1 is 1.56 bits per heavy atom. The van der Waals surface area contributed by atoms with Gasteiger partial charge in [0.2, 0.25) is 5.91 Å². The lowest BCUT2D eigenvalue weighted by Crippen LogP contribution is -2.26. The van der Waals surface area contributed by atoms with Crippen LogP contribution in [0.15, 0.2) is 15.1 Å². The minimum absolute atomic E-state index is 0.0200. The van der Waals surface area contributed by atoms with Crippen LogP contribution in [0, 0.1) is 0 Å². The number of hydrogen-bond donors (Lipinski definition) is 1. The number of carbonyl (C=O) groups is 1. The average Bonchev–Trinajstić information content (AvgIpc) is 2.55. The Morgan fingerprint density at radius 3 is 2.81 bits per heavy atom. The first-order valence-corrected chi connectivity index (χ1v) is 6.96. The van der Waals surface area contributed by atoms with Crippen LogP contribution in [0.5, 0.6) is 0 Å². The third-order valence-corrected chi connectivity index (χ3v) is 4.81. The van der Waals surface area contributed by atoms with Gasteiger partial charge >= 0.3 is 0 Å². The highest BCUT2D eigenvalue weighted by Gasteiger charge is 2.31. The summed E-state index contributed by atoms with van der Waals surface area (Å²) < 4.78 is 1.32. The van der Waals surface area contributed by atoms with Crippen molar-refractivity contribution in [3.63, 3.8) is 0 Å². The molecule has 1 aromatic rings. The van der Waals surface area contributed by atoms with Gasteiger partial charge in [0, 0.05) is 24.4 Å². The number of halogens is 3. The fourth-order valence-electron chi connectivity index (χ4n) is 1.52. The van der Waals surface area contributed by atoms with E-state index in [4.69, 9.17) is 11.6 Å². The minimum Gasteiger partial charge on any atom is -0.295 e. The summed E-state index contributed by atoms with van der Waals surface area (Å²) in [5.41, 5.74) is 0. The van der Waals surface area contributed by atoms with Crippen molar-refractivity contribution in [1.29, 1.82) is 0 Å². The molecule has 0 aliphatic carbocycles. The van der Waals surface area contributed by atoms with Crippen LogP contribution < -0.4 is 4.90 Å². The van der Waals surface area contributed by atoms with Crippen molar-refractivity contribution in [3.05, 3.63) is 20.2 Å². The Morgan fingerprint density at radius 2 is 2.25 bits per heavy atom. The van der Waals surface area contributed by atoms with Gasteiger partial charge in [-0.05, 0) is 31.9 Å². The summed E-state index contributed by atoms with van der Waals surface area (Å²) in [4.78, 5) is 17.5. The SMILES string of the molecule is O=C1CC(S)CN1c1ncc(Br)c(Cl)c1Br. The smallest absolute Gasteiger partial charge is 0.229 e. The fourth-order valence-corrected chi connectivity index (χ4v) is 3.07. The molecule has 0 saturated carbocycles. The van der Waals surface area contributed by atoms with E-state index in [1.165, 1.54) is 0 Å². The summed E-state index contributed by atoms with van der Waals surface area (Å²) in [6.45, 7) is 0.561. The van der Waals surface area contributed by atoms with Gasteiger partial charge < -0.3 is 0 Å². The molecule has 1 aliphatic heterocycles. The van der Waals surface area contributed by atoms with Crippen molar-refractivity contribution in [1.82, 2.24) is 4.98 Å². The molecular weight excluding hydrogens is 379 g/mol. The van der Waals surface area contributed by atoms with E-state index in [-0.39, 0.29) is 11.2 Å². The molecule has 2 heterocycles. The minimum atomic E-state index is 0.0200.